The Balaban J connectivity index is 1.97. The first-order chi connectivity index (χ1) is 14.0. The summed E-state index contributed by atoms with van der Waals surface area (Å²) in [5.41, 5.74) is 3.10. The number of carbonyl (C=O) groups is 1. The third kappa shape index (κ3) is 4.39. The number of rotatable bonds is 4. The van der Waals surface area contributed by atoms with Crippen LogP contribution in [0.4, 0.5) is 5.69 Å². The Hall–Kier alpha value is -1.93. The molecule has 2 unspecified atom stereocenters. The number of anilines is 1. The number of hydrogen-bond acceptors (Lipinski definition) is 4. The van der Waals surface area contributed by atoms with E-state index < -0.39 is 10.0 Å². The molecule has 2 atom stereocenters. The van der Waals surface area contributed by atoms with Crippen LogP contribution in [0.15, 0.2) is 41.3 Å². The molecule has 1 saturated heterocycles. The van der Waals surface area contributed by atoms with Crippen molar-refractivity contribution in [3.63, 3.8) is 0 Å². The van der Waals surface area contributed by atoms with E-state index >= 15 is 0 Å². The number of sulfonamides is 1. The van der Waals surface area contributed by atoms with Crippen LogP contribution in [0.5, 0.6) is 0 Å². The average Bonchev–Trinajstić information content (AvgIpc) is 2.68. The first-order valence-corrected chi connectivity index (χ1v) is 11.6. The van der Waals surface area contributed by atoms with Gasteiger partial charge in [-0.15, -0.1) is 0 Å². The smallest absolute Gasteiger partial charge is 0.258 e. The molecule has 1 aliphatic heterocycles. The fourth-order valence-electron chi connectivity index (χ4n) is 3.70. The van der Waals surface area contributed by atoms with Crippen LogP contribution in [0.1, 0.15) is 35.3 Å². The lowest BCUT2D eigenvalue weighted by Gasteiger charge is -2.34. The lowest BCUT2D eigenvalue weighted by molar-refractivity contribution is -0.0440. The monoisotopic (exact) mass is 450 g/mol. The molecule has 3 rings (SSSR count). The summed E-state index contributed by atoms with van der Waals surface area (Å²) in [7, 11) is -2.19. The van der Waals surface area contributed by atoms with E-state index in [4.69, 9.17) is 16.3 Å². The summed E-state index contributed by atoms with van der Waals surface area (Å²) in [6.07, 6.45) is -0.440. The van der Waals surface area contributed by atoms with Crippen LogP contribution in [-0.4, -0.2) is 51.0 Å². The Labute approximate surface area is 183 Å². The number of hydrogen-bond donors (Lipinski definition) is 0. The van der Waals surface area contributed by atoms with Crippen molar-refractivity contribution in [2.45, 2.75) is 44.8 Å². The zero-order valence-electron chi connectivity index (χ0n) is 17.8. The van der Waals surface area contributed by atoms with Gasteiger partial charge in [-0.1, -0.05) is 23.7 Å². The molecule has 1 aliphatic rings. The van der Waals surface area contributed by atoms with E-state index in [1.54, 1.807) is 13.1 Å². The standard InChI is InChI=1S/C22H27ClN2O4S/c1-14-7-6-8-20(17(14)4)24(5)22(26)18-9-10-19(23)21(11-18)30(27,28)25-12-15(2)29-16(3)13-25/h6-11,15-16H,12-13H2,1-5H3. The topological polar surface area (TPSA) is 66.9 Å². The van der Waals surface area contributed by atoms with Gasteiger partial charge in [0.25, 0.3) is 5.91 Å². The van der Waals surface area contributed by atoms with Gasteiger partial charge in [0, 0.05) is 31.4 Å². The maximum atomic E-state index is 13.3. The number of aryl methyl sites for hydroxylation is 1. The highest BCUT2D eigenvalue weighted by Crippen LogP contribution is 2.29. The van der Waals surface area contributed by atoms with Gasteiger partial charge in [0.15, 0.2) is 0 Å². The number of carbonyl (C=O) groups excluding carboxylic acids is 1. The highest BCUT2D eigenvalue weighted by molar-refractivity contribution is 7.89. The van der Waals surface area contributed by atoms with Crippen LogP contribution >= 0.6 is 11.6 Å². The summed E-state index contributed by atoms with van der Waals surface area (Å²) in [5.74, 6) is -0.305. The van der Waals surface area contributed by atoms with Crippen molar-refractivity contribution in [3.05, 3.63) is 58.1 Å². The molecular formula is C22H27ClN2O4S. The van der Waals surface area contributed by atoms with Gasteiger partial charge in [0.2, 0.25) is 10.0 Å². The number of morpholine rings is 1. The van der Waals surface area contributed by atoms with Crippen LogP contribution in [0.25, 0.3) is 0 Å². The second-order valence-corrected chi connectivity index (χ2v) is 10.1. The van der Waals surface area contributed by atoms with Gasteiger partial charge in [0.05, 0.1) is 17.2 Å². The van der Waals surface area contributed by atoms with Gasteiger partial charge in [0.1, 0.15) is 4.90 Å². The molecule has 0 spiro atoms. The van der Waals surface area contributed by atoms with E-state index in [0.29, 0.717) is 0 Å². The minimum absolute atomic E-state index is 0.0642. The predicted octanol–water partition coefficient (Wildman–Crippen LogP) is 4.03. The molecule has 30 heavy (non-hydrogen) atoms. The zero-order chi connectivity index (χ0) is 22.2. The second kappa shape index (κ2) is 8.67. The summed E-state index contributed by atoms with van der Waals surface area (Å²) < 4.78 is 33.6. The summed E-state index contributed by atoms with van der Waals surface area (Å²) in [6.45, 7) is 8.08. The van der Waals surface area contributed by atoms with E-state index in [0.717, 1.165) is 16.8 Å². The molecule has 2 aromatic carbocycles. The number of ether oxygens (including phenoxy) is 1. The maximum Gasteiger partial charge on any atom is 0.258 e. The summed E-state index contributed by atoms with van der Waals surface area (Å²) >= 11 is 6.26. The molecule has 0 aliphatic carbocycles. The SMILES string of the molecule is Cc1cccc(N(C)C(=O)c2ccc(Cl)c(S(=O)(=O)N3CC(C)OC(C)C3)c2)c1C. The molecule has 0 aromatic heterocycles. The predicted molar refractivity (Wildman–Crippen MR) is 119 cm³/mol. The zero-order valence-corrected chi connectivity index (χ0v) is 19.4. The third-order valence-corrected chi connectivity index (χ3v) is 7.74. The highest BCUT2D eigenvalue weighted by atomic mass is 35.5. The van der Waals surface area contributed by atoms with E-state index in [9.17, 15) is 13.2 Å². The van der Waals surface area contributed by atoms with Crippen LogP contribution in [0.3, 0.4) is 0 Å². The van der Waals surface area contributed by atoms with Crippen LogP contribution in [0.2, 0.25) is 5.02 Å². The third-order valence-electron chi connectivity index (χ3n) is 5.42. The van der Waals surface area contributed by atoms with Crippen LogP contribution < -0.4 is 4.90 Å². The van der Waals surface area contributed by atoms with Crippen molar-refractivity contribution in [2.24, 2.45) is 0 Å². The van der Waals surface area contributed by atoms with Gasteiger partial charge >= 0.3 is 0 Å². The largest absolute Gasteiger partial charge is 0.373 e. The molecule has 8 heteroatoms. The minimum Gasteiger partial charge on any atom is -0.373 e. The fourth-order valence-corrected chi connectivity index (χ4v) is 5.79. The first kappa shape index (κ1) is 22.7. The Morgan fingerprint density at radius 1 is 1.13 bits per heavy atom. The van der Waals surface area contributed by atoms with Gasteiger partial charge < -0.3 is 9.64 Å². The quantitative estimate of drug-likeness (QED) is 0.705. The summed E-state index contributed by atoms with van der Waals surface area (Å²) in [4.78, 5) is 14.6. The highest BCUT2D eigenvalue weighted by Gasteiger charge is 2.34. The second-order valence-electron chi connectivity index (χ2n) is 7.81. The number of nitrogens with zero attached hydrogens (tertiary/aromatic N) is 2. The van der Waals surface area contributed by atoms with Gasteiger partial charge in [-0.25, -0.2) is 8.42 Å². The Morgan fingerprint density at radius 3 is 2.40 bits per heavy atom. The Kier molecular flexibility index (Phi) is 6.57. The Bertz CT molecular complexity index is 1060. The molecule has 0 saturated carbocycles. The van der Waals surface area contributed by atoms with E-state index in [1.165, 1.54) is 21.3 Å². The van der Waals surface area contributed by atoms with Crippen LogP contribution in [0, 0.1) is 13.8 Å². The van der Waals surface area contributed by atoms with Crippen molar-refractivity contribution < 1.29 is 17.9 Å². The van der Waals surface area contributed by atoms with Crippen molar-refractivity contribution >= 4 is 33.2 Å². The molecule has 1 amide bonds. The lowest BCUT2D eigenvalue weighted by Crippen LogP contribution is -2.48. The molecule has 1 fully saturated rings. The molecule has 2 aromatic rings. The van der Waals surface area contributed by atoms with Crippen molar-refractivity contribution in [3.8, 4) is 0 Å². The fraction of sp³-hybridized carbons (Fsp3) is 0.409. The first-order valence-electron chi connectivity index (χ1n) is 9.81. The summed E-state index contributed by atoms with van der Waals surface area (Å²) in [5, 5.41) is 0.0905. The lowest BCUT2D eigenvalue weighted by atomic mass is 10.1. The van der Waals surface area contributed by atoms with E-state index in [-0.39, 0.29) is 46.7 Å². The molecule has 1 heterocycles. The molecule has 162 valence electrons. The van der Waals surface area contributed by atoms with Gasteiger partial charge in [-0.3, -0.25) is 4.79 Å². The van der Waals surface area contributed by atoms with E-state index in [2.05, 4.69) is 0 Å². The van der Waals surface area contributed by atoms with Crippen molar-refractivity contribution in [1.29, 1.82) is 0 Å². The molecule has 0 N–H and O–H groups in total. The molecular weight excluding hydrogens is 424 g/mol. The normalized spacial score (nSPS) is 20.2. The molecule has 6 nitrogen and oxygen atoms in total. The number of benzene rings is 2. The number of amides is 1. The Morgan fingerprint density at radius 2 is 1.77 bits per heavy atom. The number of halogens is 1. The minimum atomic E-state index is -3.87. The molecule has 0 bridgehead atoms. The van der Waals surface area contributed by atoms with Crippen LogP contribution in [-0.2, 0) is 14.8 Å². The molecule has 0 radical (unpaired) electrons. The van der Waals surface area contributed by atoms with Crippen molar-refractivity contribution in [1.82, 2.24) is 4.31 Å². The van der Waals surface area contributed by atoms with Gasteiger partial charge in [-0.2, -0.15) is 4.31 Å². The average molecular weight is 451 g/mol. The summed E-state index contributed by atoms with van der Waals surface area (Å²) in [6, 6.07) is 10.1. The van der Waals surface area contributed by atoms with Crippen molar-refractivity contribution in [2.75, 3.05) is 25.0 Å². The maximum absolute atomic E-state index is 13.3. The van der Waals surface area contributed by atoms with Gasteiger partial charge in [-0.05, 0) is 63.1 Å². The van der Waals surface area contributed by atoms with E-state index in [1.807, 2.05) is 45.9 Å².